The Morgan fingerprint density at radius 2 is 1.75 bits per heavy atom. The van der Waals surface area contributed by atoms with E-state index in [4.69, 9.17) is 15.7 Å². The molecule has 7 atom stereocenters. The molecule has 29 nitrogen and oxygen atoms in total. The Bertz CT molecular complexity index is 3300. The van der Waals surface area contributed by atoms with Gasteiger partial charge in [0.15, 0.2) is 23.1 Å². The average molecular weight is 1170 g/mol. The molecule has 416 valence electrons. The molecular weight excluding hydrogens is 1110 g/mol. The number of hydrogen-bond acceptors (Lipinski definition) is 21. The Hall–Kier alpha value is -4.56. The summed E-state index contributed by atoms with van der Waals surface area (Å²) in [5.74, 6) is -0.903. The van der Waals surface area contributed by atoms with Crippen LogP contribution in [0.3, 0.4) is 0 Å². The highest BCUT2D eigenvalue weighted by Crippen LogP contribution is 2.66. The number of aliphatic hydroxyl groups is 2. The number of unbranched alkanes of at least 4 members (excludes halogenated alkanes) is 2. The van der Waals surface area contributed by atoms with Crippen molar-refractivity contribution in [2.75, 3.05) is 37.0 Å². The third kappa shape index (κ3) is 13.1. The SMILES string of the molecule is CCN1C(=CC=CC2=[N+](CCCCCC(=O)NCNP(=O)(O)OP(=O)(O)OP(=O)(O)OCC3OC(n4cnc5c(=O)[nH]c(N)nc54)C(O)C3O)c3ccc(S(=O)(=O)O)cc3C2(C)C)C(C)(C)c2cc(SOOO)ccc21. The van der Waals surface area contributed by atoms with E-state index in [1.807, 2.05) is 61.8 Å². The van der Waals surface area contributed by atoms with Crippen LogP contribution in [0.5, 0.6) is 0 Å². The van der Waals surface area contributed by atoms with Gasteiger partial charge in [0, 0.05) is 58.8 Å². The number of nitrogen functional groups attached to an aromatic ring is 1. The van der Waals surface area contributed by atoms with E-state index in [2.05, 4.69) is 61.5 Å². The van der Waals surface area contributed by atoms with Crippen molar-refractivity contribution in [3.8, 4) is 0 Å². The molecule has 7 rings (SSSR count). The number of nitrogens with two attached hydrogens (primary N) is 1. The van der Waals surface area contributed by atoms with Crippen molar-refractivity contribution in [1.29, 1.82) is 0 Å². The van der Waals surface area contributed by atoms with E-state index in [1.54, 1.807) is 11.2 Å². The molecule has 3 aliphatic heterocycles. The number of nitrogens with zero attached hydrogens (tertiary/aromatic N) is 5. The number of amides is 1. The van der Waals surface area contributed by atoms with Gasteiger partial charge in [0.25, 0.3) is 15.7 Å². The molecule has 0 radical (unpaired) electrons. The molecule has 1 saturated heterocycles. The molecule has 7 unspecified atom stereocenters. The second kappa shape index (κ2) is 23.0. The molecule has 5 heterocycles. The number of rotatable bonds is 24. The number of carbonyl (C=O) groups excluding carboxylic acids is 1. The fourth-order valence-electron chi connectivity index (χ4n) is 9.18. The summed E-state index contributed by atoms with van der Waals surface area (Å²) in [7, 11) is -21.4. The van der Waals surface area contributed by atoms with Gasteiger partial charge in [0.2, 0.25) is 17.5 Å². The molecule has 4 aromatic rings. The number of aliphatic hydroxyl groups excluding tert-OH is 2. The number of aromatic nitrogens is 4. The van der Waals surface area contributed by atoms with E-state index < -0.39 is 93.6 Å². The number of ether oxygens (including phenoxy) is 1. The van der Waals surface area contributed by atoms with Crippen molar-refractivity contribution in [1.82, 2.24) is 29.9 Å². The molecule has 0 saturated carbocycles. The minimum absolute atomic E-state index is 0.0648. The number of fused-ring (bicyclic) bond motifs is 3. The Balaban J connectivity index is 0.907. The molecule has 1 amide bonds. The van der Waals surface area contributed by atoms with Crippen LogP contribution in [0.1, 0.15) is 77.7 Å². The van der Waals surface area contributed by atoms with Gasteiger partial charge >= 0.3 is 23.4 Å². The quantitative estimate of drug-likeness (QED) is 0.00692. The van der Waals surface area contributed by atoms with Gasteiger partial charge in [-0.1, -0.05) is 25.0 Å². The van der Waals surface area contributed by atoms with Crippen molar-refractivity contribution >= 4 is 85.7 Å². The Morgan fingerprint density at radius 1 is 1.01 bits per heavy atom. The first-order valence-electron chi connectivity index (χ1n) is 23.0. The summed E-state index contributed by atoms with van der Waals surface area (Å²) in [6.45, 7) is 9.35. The summed E-state index contributed by atoms with van der Waals surface area (Å²) in [4.78, 5) is 67.9. The van der Waals surface area contributed by atoms with Crippen molar-refractivity contribution in [2.45, 2.75) is 105 Å². The first-order chi connectivity index (χ1) is 35.5. The van der Waals surface area contributed by atoms with Gasteiger partial charge in [0.1, 0.15) is 24.9 Å². The lowest BCUT2D eigenvalue weighted by molar-refractivity contribution is -0.438. The van der Waals surface area contributed by atoms with Crippen LogP contribution in [-0.2, 0) is 66.7 Å². The maximum absolute atomic E-state index is 12.7. The van der Waals surface area contributed by atoms with Crippen LogP contribution in [-0.4, -0.2) is 124 Å². The molecular formula is C42H57N9O20P3S2+. The lowest BCUT2D eigenvalue weighted by Crippen LogP contribution is -2.33. The van der Waals surface area contributed by atoms with Gasteiger partial charge < -0.3 is 45.6 Å². The Morgan fingerprint density at radius 3 is 2.45 bits per heavy atom. The number of aromatic amines is 1. The Kier molecular flexibility index (Phi) is 17.9. The molecule has 0 spiro atoms. The zero-order valence-electron chi connectivity index (χ0n) is 41.1. The predicted molar refractivity (Wildman–Crippen MR) is 270 cm³/mol. The zero-order valence-corrected chi connectivity index (χ0v) is 45.5. The molecule has 76 heavy (non-hydrogen) atoms. The first kappa shape index (κ1) is 59.1. The number of benzene rings is 2. The van der Waals surface area contributed by atoms with Crippen molar-refractivity contribution in [3.05, 3.63) is 88.1 Å². The summed E-state index contributed by atoms with van der Waals surface area (Å²) in [6, 6.07) is 10.2. The number of allylic oxidation sites excluding steroid dienone is 4. The number of hydrogen-bond donors (Lipinski definition) is 11. The van der Waals surface area contributed by atoms with Crippen LogP contribution < -0.4 is 26.6 Å². The van der Waals surface area contributed by atoms with Crippen LogP contribution in [0.2, 0.25) is 0 Å². The van der Waals surface area contributed by atoms with E-state index in [0.29, 0.717) is 37.9 Å². The van der Waals surface area contributed by atoms with Crippen molar-refractivity contribution in [3.63, 3.8) is 0 Å². The molecule has 34 heteroatoms. The standard InChI is InChI=1S/C42H56N9O20P3S2/c1-6-49-28-16-14-24(75-69-68-56)19-26(28)41(2,3)31(49)11-10-12-32-42(4,5)27-20-25(76(63,64)65)15-17-29(27)50(32)18-9-7-8-13-33(52)44-22-46-72(57,58)70-74(61,62)71-73(59,60)66-21-30-35(53)36(54)39(67-30)51-23-45-34-37(51)47-40(43)48-38(34)55/h10-12,14-17,19-20,23,30,35-36,39,53-54H,6-9,13,18,21-22H2,1-5H3,(H9-,43,44,46,47,48,52,55,56,57,58,59,60,61,62,63,64,65)/p+1. The van der Waals surface area contributed by atoms with Gasteiger partial charge in [0.05, 0.1) is 42.0 Å². The topological polar surface area (TPSA) is 419 Å². The predicted octanol–water partition coefficient (Wildman–Crippen LogP) is 3.90. The van der Waals surface area contributed by atoms with Crippen LogP contribution >= 0.6 is 35.4 Å². The number of likely N-dealkylation sites (N-methyl/N-ethyl adjacent to an activating group) is 1. The third-order valence-electron chi connectivity index (χ3n) is 12.7. The van der Waals surface area contributed by atoms with Gasteiger partial charge in [-0.25, -0.2) is 29.0 Å². The summed E-state index contributed by atoms with van der Waals surface area (Å²) < 4.78 is 98.3. The molecule has 2 aromatic heterocycles. The van der Waals surface area contributed by atoms with E-state index >= 15 is 0 Å². The molecule has 2 aromatic carbocycles. The number of H-pyrrole nitrogens is 1. The molecule has 0 aliphatic carbocycles. The lowest BCUT2D eigenvalue weighted by Gasteiger charge is -2.25. The number of nitrogens with one attached hydrogen (secondary N) is 3. The van der Waals surface area contributed by atoms with E-state index in [1.165, 1.54) is 12.1 Å². The molecule has 3 aliphatic rings. The van der Waals surface area contributed by atoms with Crippen LogP contribution in [0.4, 0.5) is 17.3 Å². The zero-order chi connectivity index (χ0) is 55.8. The Labute approximate surface area is 438 Å². The largest absolute Gasteiger partial charge is 0.489 e. The first-order valence-corrected chi connectivity index (χ1v) is 29.8. The highest BCUT2D eigenvalue weighted by Gasteiger charge is 2.48. The second-order valence-corrected chi connectivity index (χ2v) is 25.5. The minimum Gasteiger partial charge on any atom is -0.387 e. The number of imidazole rings is 1. The highest BCUT2D eigenvalue weighted by atomic mass is 32.2. The summed E-state index contributed by atoms with van der Waals surface area (Å²) in [5, 5.41) is 37.7. The lowest BCUT2D eigenvalue weighted by atomic mass is 9.81. The van der Waals surface area contributed by atoms with Crippen LogP contribution in [0.25, 0.3) is 11.2 Å². The fourth-order valence-corrected chi connectivity index (χ4v) is 13.7. The minimum atomic E-state index is -5.90. The van der Waals surface area contributed by atoms with E-state index in [9.17, 15) is 61.1 Å². The van der Waals surface area contributed by atoms with E-state index in [-0.39, 0.29) is 28.4 Å². The number of phosphoric ester groups is 1. The molecule has 0 bridgehead atoms. The average Bonchev–Trinajstić information content (AvgIpc) is 3.99. The van der Waals surface area contributed by atoms with Crippen molar-refractivity contribution < 1.29 is 93.4 Å². The monoisotopic (exact) mass is 1160 g/mol. The number of anilines is 2. The molecule has 12 N–H and O–H groups in total. The molecule has 1 fully saturated rings. The van der Waals surface area contributed by atoms with Gasteiger partial charge in [-0.15, -0.1) is 4.33 Å². The number of phosphoric acid groups is 2. The van der Waals surface area contributed by atoms with Crippen molar-refractivity contribution in [2.24, 2.45) is 0 Å². The normalized spacial score (nSPS) is 23.0. The maximum Gasteiger partial charge on any atom is 0.489 e. The second-order valence-electron chi connectivity index (χ2n) is 18.5. The van der Waals surface area contributed by atoms with E-state index in [0.717, 1.165) is 56.2 Å². The van der Waals surface area contributed by atoms with Gasteiger partial charge in [-0.05, 0) is 75.6 Å². The summed E-state index contributed by atoms with van der Waals surface area (Å²) in [5.41, 5.74) is 8.59. The fraction of sp³-hybridized carbons (Fsp3) is 0.452. The van der Waals surface area contributed by atoms with Gasteiger partial charge in [-0.2, -0.15) is 26.6 Å². The van der Waals surface area contributed by atoms with Crippen LogP contribution in [0.15, 0.2) is 81.2 Å². The highest BCUT2D eigenvalue weighted by molar-refractivity contribution is 7.94. The third-order valence-corrected chi connectivity index (χ3v) is 18.6. The summed E-state index contributed by atoms with van der Waals surface area (Å²) >= 11 is 0.865. The number of carbonyl (C=O) groups is 1. The van der Waals surface area contributed by atoms with Crippen LogP contribution in [0, 0.1) is 0 Å². The smallest absolute Gasteiger partial charge is 0.387 e. The summed E-state index contributed by atoms with van der Waals surface area (Å²) in [6.07, 6.45) is 1.62. The maximum atomic E-state index is 12.7. The van der Waals surface area contributed by atoms with Gasteiger partial charge in [-0.3, -0.25) is 28.2 Å².